The third-order valence-electron chi connectivity index (χ3n) is 4.50. The van der Waals surface area contributed by atoms with Crippen LogP contribution >= 0.6 is 11.6 Å². The van der Waals surface area contributed by atoms with Gasteiger partial charge in [-0.05, 0) is 30.3 Å². The van der Waals surface area contributed by atoms with Gasteiger partial charge in [-0.1, -0.05) is 42.5 Å². The molecule has 2 aromatic rings. The van der Waals surface area contributed by atoms with Crippen LogP contribution in [0.25, 0.3) is 6.08 Å². The third-order valence-corrected chi connectivity index (χ3v) is 4.73. The van der Waals surface area contributed by atoms with Gasteiger partial charge >= 0.3 is 0 Å². The Kier molecular flexibility index (Phi) is 7.50. The van der Waals surface area contributed by atoms with E-state index in [1.807, 2.05) is 24.3 Å². The van der Waals surface area contributed by atoms with Crippen LogP contribution in [0.1, 0.15) is 5.56 Å². The van der Waals surface area contributed by atoms with Crippen molar-refractivity contribution in [3.05, 3.63) is 71.3 Å². The molecule has 7 heteroatoms. The summed E-state index contributed by atoms with van der Waals surface area (Å²) < 4.78 is 11.0. The van der Waals surface area contributed by atoms with E-state index in [1.165, 1.54) is 6.08 Å². The second-order valence-electron chi connectivity index (χ2n) is 6.52. The number of ether oxygens (including phenoxy) is 2. The van der Waals surface area contributed by atoms with Crippen LogP contribution in [0.3, 0.4) is 0 Å². The van der Waals surface area contributed by atoms with Gasteiger partial charge < -0.3 is 19.7 Å². The van der Waals surface area contributed by atoms with Crippen molar-refractivity contribution in [1.29, 1.82) is 5.26 Å². The zero-order valence-electron chi connectivity index (χ0n) is 16.4. The summed E-state index contributed by atoms with van der Waals surface area (Å²) in [6.07, 6.45) is 3.14. The zero-order chi connectivity index (χ0) is 21.3. The topological polar surface area (TPSA) is 74.6 Å². The largest absolute Gasteiger partial charge is 0.489 e. The van der Waals surface area contributed by atoms with Gasteiger partial charge in [-0.2, -0.15) is 5.26 Å². The second kappa shape index (κ2) is 10.5. The first kappa shape index (κ1) is 21.4. The molecule has 2 aromatic carbocycles. The van der Waals surface area contributed by atoms with Crippen LogP contribution in [0.5, 0.6) is 5.75 Å². The molecule has 0 aliphatic carbocycles. The number of halogens is 1. The number of morpholine rings is 1. The van der Waals surface area contributed by atoms with Gasteiger partial charge in [0.25, 0.3) is 5.91 Å². The van der Waals surface area contributed by atoms with Crippen molar-refractivity contribution >= 4 is 35.0 Å². The average molecular weight is 424 g/mol. The van der Waals surface area contributed by atoms with E-state index < -0.39 is 5.91 Å². The number of anilines is 2. The van der Waals surface area contributed by atoms with Crippen molar-refractivity contribution in [3.63, 3.8) is 0 Å². The molecular weight excluding hydrogens is 402 g/mol. The number of carbonyl (C=O) groups excluding carboxylic acids is 1. The molecule has 1 fully saturated rings. The van der Waals surface area contributed by atoms with Crippen molar-refractivity contribution in [2.45, 2.75) is 0 Å². The maximum atomic E-state index is 12.9. The minimum absolute atomic E-state index is 0.0439. The lowest BCUT2D eigenvalue weighted by Gasteiger charge is -2.30. The Balaban J connectivity index is 1.86. The van der Waals surface area contributed by atoms with Crippen molar-refractivity contribution in [2.24, 2.45) is 0 Å². The number of benzene rings is 2. The van der Waals surface area contributed by atoms with E-state index in [-0.39, 0.29) is 5.57 Å². The quantitative estimate of drug-likeness (QED) is 0.408. The summed E-state index contributed by atoms with van der Waals surface area (Å²) >= 11 is 6.15. The molecule has 154 valence electrons. The monoisotopic (exact) mass is 423 g/mol. The summed E-state index contributed by atoms with van der Waals surface area (Å²) in [6, 6.07) is 14.5. The van der Waals surface area contributed by atoms with Gasteiger partial charge in [0.15, 0.2) is 0 Å². The smallest absolute Gasteiger partial charge is 0.266 e. The Bertz CT molecular complexity index is 991. The number of hydrogen-bond donors (Lipinski definition) is 1. The fraction of sp³-hybridized carbons (Fsp3) is 0.217. The fourth-order valence-corrected chi connectivity index (χ4v) is 3.23. The first-order valence-electron chi connectivity index (χ1n) is 9.50. The highest BCUT2D eigenvalue weighted by Crippen LogP contribution is 2.30. The average Bonchev–Trinajstić information content (AvgIpc) is 2.77. The van der Waals surface area contributed by atoms with E-state index in [9.17, 15) is 10.1 Å². The maximum absolute atomic E-state index is 12.9. The molecule has 0 atom stereocenters. The third kappa shape index (κ3) is 5.41. The van der Waals surface area contributed by atoms with E-state index in [4.69, 9.17) is 21.1 Å². The number of nitriles is 1. The normalized spacial score (nSPS) is 14.0. The van der Waals surface area contributed by atoms with Crippen LogP contribution in [0.4, 0.5) is 11.4 Å². The molecule has 1 aliphatic rings. The van der Waals surface area contributed by atoms with Gasteiger partial charge in [-0.25, -0.2) is 0 Å². The van der Waals surface area contributed by atoms with E-state index in [1.54, 1.807) is 30.3 Å². The number of para-hydroxylation sites is 1. The first-order chi connectivity index (χ1) is 14.6. The number of hydrogen-bond acceptors (Lipinski definition) is 5. The summed E-state index contributed by atoms with van der Waals surface area (Å²) in [5.74, 6) is 0.0440. The van der Waals surface area contributed by atoms with Crippen molar-refractivity contribution in [1.82, 2.24) is 0 Å². The van der Waals surface area contributed by atoms with Crippen LogP contribution < -0.4 is 15.0 Å². The molecule has 6 nitrogen and oxygen atoms in total. The maximum Gasteiger partial charge on any atom is 0.266 e. The molecule has 1 saturated heterocycles. The highest BCUT2D eigenvalue weighted by atomic mass is 35.5. The van der Waals surface area contributed by atoms with Gasteiger partial charge in [0.05, 0.1) is 24.6 Å². The Morgan fingerprint density at radius 1 is 1.30 bits per heavy atom. The van der Waals surface area contributed by atoms with E-state index in [2.05, 4.69) is 16.8 Å². The van der Waals surface area contributed by atoms with Crippen molar-refractivity contribution < 1.29 is 14.3 Å². The molecule has 1 heterocycles. The van der Waals surface area contributed by atoms with Crippen LogP contribution in [0, 0.1) is 11.3 Å². The second-order valence-corrected chi connectivity index (χ2v) is 6.96. The molecule has 1 N–H and O–H groups in total. The predicted octanol–water partition coefficient (Wildman–Crippen LogP) is 4.29. The fourth-order valence-electron chi connectivity index (χ4n) is 3.06. The minimum Gasteiger partial charge on any atom is -0.489 e. The lowest BCUT2D eigenvalue weighted by atomic mass is 10.1. The molecule has 0 saturated carbocycles. The molecule has 30 heavy (non-hydrogen) atoms. The molecule has 3 rings (SSSR count). The summed E-state index contributed by atoms with van der Waals surface area (Å²) in [6.45, 7) is 6.60. The summed E-state index contributed by atoms with van der Waals surface area (Å²) in [4.78, 5) is 15.0. The van der Waals surface area contributed by atoms with Crippen molar-refractivity contribution in [3.8, 4) is 11.8 Å². The summed E-state index contributed by atoms with van der Waals surface area (Å²) in [5, 5.41) is 12.9. The molecule has 1 amide bonds. The zero-order valence-corrected chi connectivity index (χ0v) is 17.2. The van der Waals surface area contributed by atoms with Gasteiger partial charge in [0.2, 0.25) is 0 Å². The Morgan fingerprint density at radius 2 is 2.07 bits per heavy atom. The molecule has 1 aliphatic heterocycles. The lowest BCUT2D eigenvalue weighted by Crippen LogP contribution is -2.36. The van der Waals surface area contributed by atoms with E-state index in [0.717, 1.165) is 5.69 Å². The van der Waals surface area contributed by atoms with Crippen LogP contribution in [-0.2, 0) is 9.53 Å². The summed E-state index contributed by atoms with van der Waals surface area (Å²) in [7, 11) is 0. The number of nitrogens with zero attached hydrogens (tertiary/aromatic N) is 2. The number of amides is 1. The lowest BCUT2D eigenvalue weighted by molar-refractivity contribution is -0.112. The van der Waals surface area contributed by atoms with Gasteiger partial charge in [0, 0.05) is 23.7 Å². The van der Waals surface area contributed by atoms with Gasteiger partial charge in [-0.15, -0.1) is 0 Å². The highest BCUT2D eigenvalue weighted by molar-refractivity contribution is 6.31. The van der Waals surface area contributed by atoms with Crippen LogP contribution in [0.15, 0.2) is 60.7 Å². The number of nitrogens with one attached hydrogen (secondary N) is 1. The first-order valence-corrected chi connectivity index (χ1v) is 9.88. The molecular formula is C23H22ClN3O3. The molecule has 0 spiro atoms. The van der Waals surface area contributed by atoms with E-state index in [0.29, 0.717) is 54.9 Å². The van der Waals surface area contributed by atoms with Crippen LogP contribution in [-0.4, -0.2) is 38.8 Å². The Hall–Kier alpha value is -3.27. The standard InChI is InChI=1S/C23H22ClN3O3/c1-2-11-30-22-6-4-3-5-17(22)14-18(16-25)23(28)26-20-15-19(24)7-8-21(20)27-9-12-29-13-10-27/h2-8,14-15H,1,9-13H2,(H,26,28)/b18-14+. The SMILES string of the molecule is C=CCOc1ccccc1/C=C(\C#N)C(=O)Nc1cc(Cl)ccc1N1CCOCC1. The predicted molar refractivity (Wildman–Crippen MR) is 119 cm³/mol. The molecule has 0 bridgehead atoms. The van der Waals surface area contributed by atoms with Gasteiger partial charge in [-0.3, -0.25) is 4.79 Å². The molecule has 0 radical (unpaired) electrons. The number of carbonyl (C=O) groups is 1. The van der Waals surface area contributed by atoms with Crippen molar-refractivity contribution in [2.75, 3.05) is 43.1 Å². The Labute approximate surface area is 181 Å². The Morgan fingerprint density at radius 3 is 2.80 bits per heavy atom. The number of rotatable bonds is 7. The summed E-state index contributed by atoms with van der Waals surface area (Å²) in [5.41, 5.74) is 1.97. The van der Waals surface area contributed by atoms with Crippen LogP contribution in [0.2, 0.25) is 5.02 Å². The van der Waals surface area contributed by atoms with Gasteiger partial charge in [0.1, 0.15) is 24.0 Å². The molecule has 0 unspecified atom stereocenters. The minimum atomic E-state index is -0.521. The van der Waals surface area contributed by atoms with E-state index >= 15 is 0 Å². The highest BCUT2D eigenvalue weighted by Gasteiger charge is 2.18. The molecule has 0 aromatic heterocycles.